The molecule has 0 aliphatic rings. The number of hydrogen-bond donors (Lipinski definition) is 3. The highest BCUT2D eigenvalue weighted by Gasteiger charge is 2.18. The molecule has 0 spiro atoms. The van der Waals surface area contributed by atoms with Crippen LogP contribution in [0.15, 0.2) is 22.7 Å². The first-order chi connectivity index (χ1) is 8.92. The summed E-state index contributed by atoms with van der Waals surface area (Å²) in [6.07, 6.45) is 4.97. The number of carboxylic acid groups (broad SMARTS) is 1. The van der Waals surface area contributed by atoms with Crippen LogP contribution in [0.25, 0.3) is 0 Å². The number of carbonyl (C=O) groups excluding carboxylic acids is 1. The molecule has 3 N–H and O–H groups in total. The molecule has 6 heteroatoms. The topological polar surface area (TPSA) is 78.4 Å². The third-order valence-electron chi connectivity index (χ3n) is 2.23. The predicted octanol–water partition coefficient (Wildman–Crippen LogP) is 2.36. The monoisotopic (exact) mass is 324 g/mol. The highest BCUT2D eigenvalue weighted by Crippen LogP contribution is 2.18. The van der Waals surface area contributed by atoms with E-state index >= 15 is 0 Å². The predicted molar refractivity (Wildman–Crippen MR) is 75.9 cm³/mol. The number of terminal acetylenes is 1. The van der Waals surface area contributed by atoms with Crippen LogP contribution >= 0.6 is 15.9 Å². The Morgan fingerprint density at radius 3 is 2.68 bits per heavy atom. The van der Waals surface area contributed by atoms with Crippen molar-refractivity contribution in [1.82, 2.24) is 5.32 Å². The van der Waals surface area contributed by atoms with Gasteiger partial charge >= 0.3 is 12.0 Å². The zero-order chi connectivity index (χ0) is 14.4. The first-order valence-electron chi connectivity index (χ1n) is 5.43. The molecule has 5 nitrogen and oxygen atoms in total. The van der Waals surface area contributed by atoms with Gasteiger partial charge in [0.15, 0.2) is 0 Å². The minimum Gasteiger partial charge on any atom is -0.480 e. The number of carboxylic acids is 1. The summed E-state index contributed by atoms with van der Waals surface area (Å²) in [5.74, 6) is 1.04. The van der Waals surface area contributed by atoms with E-state index in [1.54, 1.807) is 12.1 Å². The first kappa shape index (κ1) is 15.1. The van der Waals surface area contributed by atoms with Gasteiger partial charge in [-0.05, 0) is 30.7 Å². The maximum absolute atomic E-state index is 11.7. The van der Waals surface area contributed by atoms with Crippen molar-refractivity contribution in [2.75, 3.05) is 5.32 Å². The molecule has 100 valence electrons. The molecular formula is C13H13BrN2O3. The smallest absolute Gasteiger partial charge is 0.327 e. The first-order valence-corrected chi connectivity index (χ1v) is 6.22. The molecule has 0 radical (unpaired) electrons. The van der Waals surface area contributed by atoms with Gasteiger partial charge in [-0.2, -0.15) is 0 Å². The Morgan fingerprint density at radius 1 is 1.47 bits per heavy atom. The average molecular weight is 325 g/mol. The second kappa shape index (κ2) is 6.81. The van der Waals surface area contributed by atoms with Gasteiger partial charge < -0.3 is 15.7 Å². The van der Waals surface area contributed by atoms with Crippen LogP contribution < -0.4 is 10.6 Å². The minimum absolute atomic E-state index is 0.0692. The fourth-order valence-electron chi connectivity index (χ4n) is 1.45. The van der Waals surface area contributed by atoms with E-state index in [2.05, 4.69) is 32.5 Å². The van der Waals surface area contributed by atoms with Crippen molar-refractivity contribution in [1.29, 1.82) is 0 Å². The molecule has 19 heavy (non-hydrogen) atoms. The second-order valence-electron chi connectivity index (χ2n) is 3.91. The van der Waals surface area contributed by atoms with E-state index < -0.39 is 18.0 Å². The fourth-order valence-corrected chi connectivity index (χ4v) is 2.06. The molecule has 0 saturated heterocycles. The van der Waals surface area contributed by atoms with Crippen molar-refractivity contribution in [2.45, 2.75) is 19.4 Å². The SMILES string of the molecule is C#CCC(NC(=O)Nc1cc(C)cc(Br)c1)C(=O)O. The molecule has 0 aliphatic carbocycles. The third kappa shape index (κ3) is 5.02. The number of benzene rings is 1. The van der Waals surface area contributed by atoms with Gasteiger partial charge in [-0.15, -0.1) is 12.3 Å². The van der Waals surface area contributed by atoms with Gasteiger partial charge in [-0.25, -0.2) is 9.59 Å². The molecule has 0 fully saturated rings. The summed E-state index contributed by atoms with van der Waals surface area (Å²) < 4.78 is 0.821. The van der Waals surface area contributed by atoms with E-state index in [0.717, 1.165) is 10.0 Å². The van der Waals surface area contributed by atoms with E-state index in [0.29, 0.717) is 5.69 Å². The largest absolute Gasteiger partial charge is 0.480 e. The lowest BCUT2D eigenvalue weighted by molar-refractivity contribution is -0.139. The summed E-state index contributed by atoms with van der Waals surface area (Å²) in [5.41, 5.74) is 1.53. The minimum atomic E-state index is -1.17. The van der Waals surface area contributed by atoms with Crippen LogP contribution in [0.1, 0.15) is 12.0 Å². The number of anilines is 1. The number of carbonyl (C=O) groups is 2. The quantitative estimate of drug-likeness (QED) is 0.744. The van der Waals surface area contributed by atoms with Crippen LogP contribution in [0.2, 0.25) is 0 Å². The molecule has 0 aliphatic heterocycles. The van der Waals surface area contributed by atoms with Crippen LogP contribution in [0.5, 0.6) is 0 Å². The summed E-state index contributed by atoms with van der Waals surface area (Å²) >= 11 is 3.31. The standard InChI is InChI=1S/C13H13BrN2O3/c1-3-4-11(12(17)18)16-13(19)15-10-6-8(2)5-9(14)7-10/h1,5-7,11H,4H2,2H3,(H,17,18)(H2,15,16,19). The number of aliphatic carboxylic acids is 1. The van der Waals surface area contributed by atoms with Crippen molar-refractivity contribution in [3.05, 3.63) is 28.2 Å². The van der Waals surface area contributed by atoms with Crippen LogP contribution in [0, 0.1) is 19.3 Å². The Balaban J connectivity index is 2.69. The lowest BCUT2D eigenvalue weighted by Gasteiger charge is -2.13. The van der Waals surface area contributed by atoms with Crippen LogP contribution in [-0.2, 0) is 4.79 Å². The Kier molecular flexibility index (Phi) is 5.39. The summed E-state index contributed by atoms with van der Waals surface area (Å²) in [6.45, 7) is 1.88. The van der Waals surface area contributed by atoms with Gasteiger partial charge in [0.05, 0.1) is 0 Å². The fraction of sp³-hybridized carbons (Fsp3) is 0.231. The van der Waals surface area contributed by atoms with Crippen molar-refractivity contribution >= 4 is 33.6 Å². The van der Waals surface area contributed by atoms with Gasteiger partial charge in [-0.3, -0.25) is 0 Å². The molecule has 1 aromatic rings. The molecule has 0 saturated carbocycles. The summed E-state index contributed by atoms with van der Waals surface area (Å²) in [6, 6.07) is 3.66. The molecule has 1 aromatic carbocycles. The van der Waals surface area contributed by atoms with Gasteiger partial charge in [-0.1, -0.05) is 15.9 Å². The molecular weight excluding hydrogens is 312 g/mol. The molecule has 1 atom stereocenters. The molecule has 2 amide bonds. The van der Waals surface area contributed by atoms with Gasteiger partial charge in [0, 0.05) is 16.6 Å². The zero-order valence-electron chi connectivity index (χ0n) is 10.2. The number of amides is 2. The highest BCUT2D eigenvalue weighted by molar-refractivity contribution is 9.10. The van der Waals surface area contributed by atoms with Crippen molar-refractivity contribution < 1.29 is 14.7 Å². The van der Waals surface area contributed by atoms with E-state index in [-0.39, 0.29) is 6.42 Å². The van der Waals surface area contributed by atoms with Gasteiger partial charge in [0.25, 0.3) is 0 Å². The maximum atomic E-state index is 11.7. The van der Waals surface area contributed by atoms with E-state index in [9.17, 15) is 9.59 Å². The normalized spacial score (nSPS) is 11.2. The molecule has 0 bridgehead atoms. The highest BCUT2D eigenvalue weighted by atomic mass is 79.9. The lowest BCUT2D eigenvalue weighted by atomic mass is 10.2. The van der Waals surface area contributed by atoms with E-state index in [1.165, 1.54) is 0 Å². The van der Waals surface area contributed by atoms with Crippen LogP contribution in [-0.4, -0.2) is 23.1 Å². The maximum Gasteiger partial charge on any atom is 0.327 e. The van der Waals surface area contributed by atoms with Crippen molar-refractivity contribution in [2.24, 2.45) is 0 Å². The lowest BCUT2D eigenvalue weighted by Crippen LogP contribution is -2.42. The van der Waals surface area contributed by atoms with Crippen LogP contribution in [0.4, 0.5) is 10.5 Å². The number of rotatable bonds is 4. The Hall–Kier alpha value is -2.00. The summed E-state index contributed by atoms with van der Waals surface area (Å²) in [5, 5.41) is 13.7. The van der Waals surface area contributed by atoms with Crippen molar-refractivity contribution in [3.8, 4) is 12.3 Å². The summed E-state index contributed by atoms with van der Waals surface area (Å²) in [4.78, 5) is 22.5. The Bertz CT molecular complexity index is 517. The number of hydrogen-bond acceptors (Lipinski definition) is 2. The number of nitrogens with one attached hydrogen (secondary N) is 2. The van der Waals surface area contributed by atoms with Gasteiger partial charge in [0.2, 0.25) is 0 Å². The molecule has 1 rings (SSSR count). The number of urea groups is 1. The Morgan fingerprint density at radius 2 is 2.16 bits per heavy atom. The summed E-state index contributed by atoms with van der Waals surface area (Å²) in [7, 11) is 0. The van der Waals surface area contributed by atoms with Gasteiger partial charge in [0.1, 0.15) is 6.04 Å². The number of aryl methyl sites for hydroxylation is 1. The molecule has 0 aromatic heterocycles. The molecule has 0 heterocycles. The van der Waals surface area contributed by atoms with E-state index in [4.69, 9.17) is 11.5 Å². The second-order valence-corrected chi connectivity index (χ2v) is 4.83. The average Bonchev–Trinajstić information content (AvgIpc) is 2.26. The van der Waals surface area contributed by atoms with Crippen molar-refractivity contribution in [3.63, 3.8) is 0 Å². The molecule has 1 unspecified atom stereocenters. The number of halogens is 1. The third-order valence-corrected chi connectivity index (χ3v) is 2.68. The Labute approximate surface area is 119 Å². The van der Waals surface area contributed by atoms with E-state index in [1.807, 2.05) is 13.0 Å². The zero-order valence-corrected chi connectivity index (χ0v) is 11.8. The van der Waals surface area contributed by atoms with Crippen LogP contribution in [0.3, 0.4) is 0 Å².